The molecule has 0 aromatic rings. The number of carbonyl (C=O) groups excluding carboxylic acids is 2. The van der Waals surface area contributed by atoms with E-state index in [1.165, 1.54) is 24.2 Å². The third-order valence-corrected chi connectivity index (χ3v) is 5.29. The van der Waals surface area contributed by atoms with Crippen LogP contribution in [0.1, 0.15) is 33.6 Å². The summed E-state index contributed by atoms with van der Waals surface area (Å²) in [5.74, 6) is 0.289. The lowest BCUT2D eigenvalue weighted by atomic mass is 9.96. The van der Waals surface area contributed by atoms with Crippen molar-refractivity contribution in [2.75, 3.05) is 26.2 Å². The van der Waals surface area contributed by atoms with Crippen LogP contribution in [0.4, 0.5) is 0 Å². The second-order valence-corrected chi connectivity index (χ2v) is 7.39. The van der Waals surface area contributed by atoms with Crippen molar-refractivity contribution in [1.29, 1.82) is 0 Å². The molecule has 1 atom stereocenters. The molecule has 0 radical (unpaired) electrons. The Kier molecular flexibility index (Phi) is 12.2. The molecule has 2 N–H and O–H groups in total. The van der Waals surface area contributed by atoms with Crippen molar-refractivity contribution in [3.8, 4) is 0 Å². The van der Waals surface area contributed by atoms with Crippen molar-refractivity contribution in [3.63, 3.8) is 0 Å². The third-order valence-electron chi connectivity index (χ3n) is 4.57. The fourth-order valence-corrected chi connectivity index (χ4v) is 3.40. The molecular formula is C22H33N5O2S. The molecule has 1 rings (SSSR count). The molecule has 1 saturated heterocycles. The number of amidine groups is 1. The van der Waals surface area contributed by atoms with E-state index in [0.29, 0.717) is 26.2 Å². The highest BCUT2D eigenvalue weighted by Gasteiger charge is 2.29. The van der Waals surface area contributed by atoms with E-state index in [4.69, 9.17) is 0 Å². The van der Waals surface area contributed by atoms with E-state index in [1.807, 2.05) is 38.3 Å². The van der Waals surface area contributed by atoms with Gasteiger partial charge in [-0.2, -0.15) is 0 Å². The minimum Gasteiger partial charge on any atom is -0.354 e. The number of nitrogens with zero attached hydrogens (tertiary/aromatic N) is 3. The topological polar surface area (TPSA) is 86.2 Å². The fourth-order valence-electron chi connectivity index (χ4n) is 2.85. The summed E-state index contributed by atoms with van der Waals surface area (Å²) < 4.78 is 3.20. The maximum Gasteiger partial charge on any atom is 0.272 e. The normalized spacial score (nSPS) is 18.3. The van der Waals surface area contributed by atoms with Crippen LogP contribution in [-0.2, 0) is 9.59 Å². The standard InChI is InChI=1S/C22H33N5O2S/c1-6-15-30-26-20(17(5)7-2)24-12-13-25-21(28)18-11-10-14-27(16-18)22(29)19(8-3)23-9-4/h6-9,15,18H,3-4,10-14,16H2,1-2,5H3,(H,24,26)(H,25,28)/b15-6+,17-7+,23-19?. The van der Waals surface area contributed by atoms with Crippen molar-refractivity contribution < 1.29 is 9.59 Å². The van der Waals surface area contributed by atoms with E-state index in [-0.39, 0.29) is 23.4 Å². The van der Waals surface area contributed by atoms with Crippen LogP contribution in [0.15, 0.2) is 58.6 Å². The smallest absolute Gasteiger partial charge is 0.272 e. The lowest BCUT2D eigenvalue weighted by Gasteiger charge is -2.32. The van der Waals surface area contributed by atoms with Gasteiger partial charge in [-0.25, -0.2) is 0 Å². The number of piperidine rings is 1. The van der Waals surface area contributed by atoms with Gasteiger partial charge in [0.25, 0.3) is 5.91 Å². The molecule has 1 unspecified atom stereocenters. The van der Waals surface area contributed by atoms with E-state index in [9.17, 15) is 9.59 Å². The molecule has 7 nitrogen and oxygen atoms in total. The number of carbonyl (C=O) groups is 2. The average Bonchev–Trinajstić information content (AvgIpc) is 2.78. The molecule has 0 bridgehead atoms. The Labute approximate surface area is 184 Å². The average molecular weight is 432 g/mol. The lowest BCUT2D eigenvalue weighted by molar-refractivity contribution is -0.131. The van der Waals surface area contributed by atoms with E-state index in [0.717, 1.165) is 24.3 Å². The molecule has 0 spiro atoms. The molecule has 30 heavy (non-hydrogen) atoms. The van der Waals surface area contributed by atoms with Crippen LogP contribution in [0, 0.1) is 5.92 Å². The quantitative estimate of drug-likeness (QED) is 0.241. The molecule has 1 heterocycles. The number of rotatable bonds is 10. The van der Waals surface area contributed by atoms with Gasteiger partial charge < -0.3 is 14.9 Å². The fraction of sp³-hybridized carbons (Fsp3) is 0.455. The van der Waals surface area contributed by atoms with Gasteiger partial charge in [-0.15, -0.1) is 0 Å². The predicted molar refractivity (Wildman–Crippen MR) is 127 cm³/mol. The molecule has 0 saturated carbocycles. The van der Waals surface area contributed by atoms with Crippen molar-refractivity contribution >= 4 is 35.3 Å². The van der Waals surface area contributed by atoms with E-state index in [1.54, 1.807) is 4.90 Å². The zero-order valence-electron chi connectivity index (χ0n) is 18.2. The number of likely N-dealkylation sites (tertiary alicyclic amines) is 1. The van der Waals surface area contributed by atoms with Crippen LogP contribution in [0.25, 0.3) is 0 Å². The number of allylic oxidation sites excluding steroid dienone is 2. The van der Waals surface area contributed by atoms with Crippen molar-refractivity contribution in [2.45, 2.75) is 33.6 Å². The van der Waals surface area contributed by atoms with E-state index in [2.05, 4.69) is 33.2 Å². The Hall–Kier alpha value is -2.61. The van der Waals surface area contributed by atoms with Crippen LogP contribution in [0.5, 0.6) is 0 Å². The number of nitrogens with one attached hydrogen (secondary N) is 2. The van der Waals surface area contributed by atoms with Gasteiger partial charge in [-0.05, 0) is 62.6 Å². The molecule has 0 aromatic carbocycles. The Bertz CT molecular complexity index is 740. The predicted octanol–water partition coefficient (Wildman–Crippen LogP) is 3.25. The minimum atomic E-state index is -0.235. The van der Waals surface area contributed by atoms with Gasteiger partial charge in [0.1, 0.15) is 11.5 Å². The highest BCUT2D eigenvalue weighted by atomic mass is 32.2. The number of amides is 2. The van der Waals surface area contributed by atoms with Gasteiger partial charge >= 0.3 is 0 Å². The van der Waals surface area contributed by atoms with Gasteiger partial charge in [-0.3, -0.25) is 19.6 Å². The summed E-state index contributed by atoms with van der Waals surface area (Å²) in [5, 5.41) is 4.88. The third kappa shape index (κ3) is 8.41. The largest absolute Gasteiger partial charge is 0.354 e. The Morgan fingerprint density at radius 1 is 1.30 bits per heavy atom. The van der Waals surface area contributed by atoms with Gasteiger partial charge in [0.2, 0.25) is 5.91 Å². The lowest BCUT2D eigenvalue weighted by Crippen LogP contribution is -2.47. The molecule has 8 heteroatoms. The molecule has 0 aromatic heterocycles. The van der Waals surface area contributed by atoms with Crippen molar-refractivity contribution in [1.82, 2.24) is 14.9 Å². The first-order valence-electron chi connectivity index (χ1n) is 10.1. The molecule has 1 aliphatic rings. The summed E-state index contributed by atoms with van der Waals surface area (Å²) >= 11 is 1.45. The van der Waals surface area contributed by atoms with E-state index < -0.39 is 0 Å². The zero-order chi connectivity index (χ0) is 22.4. The summed E-state index contributed by atoms with van der Waals surface area (Å²) in [4.78, 5) is 35.3. The first-order valence-corrected chi connectivity index (χ1v) is 10.9. The maximum absolute atomic E-state index is 12.6. The molecule has 1 aliphatic heterocycles. The van der Waals surface area contributed by atoms with Crippen molar-refractivity contribution in [3.05, 3.63) is 48.6 Å². The van der Waals surface area contributed by atoms with E-state index >= 15 is 0 Å². The van der Waals surface area contributed by atoms with Crippen molar-refractivity contribution in [2.24, 2.45) is 15.9 Å². The molecule has 2 amide bonds. The minimum absolute atomic E-state index is 0.0518. The highest BCUT2D eigenvalue weighted by Crippen LogP contribution is 2.17. The number of hydrogen-bond donors (Lipinski definition) is 2. The summed E-state index contributed by atoms with van der Waals surface area (Å²) in [5.41, 5.74) is 1.29. The van der Waals surface area contributed by atoms with Crippen LogP contribution in [-0.4, -0.2) is 54.4 Å². The molecule has 0 aliphatic carbocycles. The Balaban J connectivity index is 2.59. The first-order chi connectivity index (χ1) is 14.5. The maximum atomic E-state index is 12.6. The summed E-state index contributed by atoms with van der Waals surface area (Å²) in [6.45, 7) is 14.9. The molecular weight excluding hydrogens is 398 g/mol. The van der Waals surface area contributed by atoms with Gasteiger partial charge in [-0.1, -0.05) is 25.3 Å². The molecule has 164 valence electrons. The second kappa shape index (κ2) is 14.4. The van der Waals surface area contributed by atoms with Crippen LogP contribution in [0.3, 0.4) is 0 Å². The highest BCUT2D eigenvalue weighted by molar-refractivity contribution is 8.00. The molecule has 1 fully saturated rings. The van der Waals surface area contributed by atoms with Gasteiger partial charge in [0, 0.05) is 25.8 Å². The van der Waals surface area contributed by atoms with Crippen LogP contribution < -0.4 is 10.0 Å². The monoisotopic (exact) mass is 431 g/mol. The second-order valence-electron chi connectivity index (χ2n) is 6.67. The zero-order valence-corrected chi connectivity index (χ0v) is 19.0. The van der Waals surface area contributed by atoms with Crippen LogP contribution in [0.2, 0.25) is 0 Å². The van der Waals surface area contributed by atoms with Gasteiger partial charge in [0.15, 0.2) is 0 Å². The first kappa shape index (κ1) is 25.4. The van der Waals surface area contributed by atoms with Crippen LogP contribution >= 0.6 is 11.9 Å². The number of aliphatic imine (C=N–C) groups is 2. The SMILES string of the molecule is C=CN=C(C=C)C(=O)N1CCCC(C(=O)NCCN=C(NS/C=C/C)/C(C)=C/C)C1. The summed E-state index contributed by atoms with van der Waals surface area (Å²) in [6, 6.07) is 0. The number of hydrogen-bond acceptors (Lipinski definition) is 5. The Morgan fingerprint density at radius 3 is 2.70 bits per heavy atom. The summed E-state index contributed by atoms with van der Waals surface area (Å²) in [6.07, 6.45) is 8.20. The van der Waals surface area contributed by atoms with Gasteiger partial charge in [0.05, 0.1) is 12.5 Å². The Morgan fingerprint density at radius 2 is 2.07 bits per heavy atom. The summed E-state index contributed by atoms with van der Waals surface area (Å²) in [7, 11) is 0.